The quantitative estimate of drug-likeness (QED) is 0.885. The Morgan fingerprint density at radius 3 is 2.65 bits per heavy atom. The second kappa shape index (κ2) is 7.05. The number of nitrogens with two attached hydrogens (primary N) is 1. The van der Waals surface area contributed by atoms with Crippen molar-refractivity contribution in [3.05, 3.63) is 56.7 Å². The zero-order valence-corrected chi connectivity index (χ0v) is 14.3. The third-order valence-electron chi connectivity index (χ3n) is 3.67. The molecule has 2 heterocycles. The molecule has 1 aromatic heterocycles. The summed E-state index contributed by atoms with van der Waals surface area (Å²) in [5.74, 6) is 0.463. The van der Waals surface area contributed by atoms with E-state index in [-0.39, 0.29) is 18.4 Å². The van der Waals surface area contributed by atoms with Crippen LogP contribution in [0.2, 0.25) is 0 Å². The van der Waals surface area contributed by atoms with Crippen LogP contribution in [0, 0.1) is 0 Å². The summed E-state index contributed by atoms with van der Waals surface area (Å²) in [6, 6.07) is 13.1. The van der Waals surface area contributed by atoms with E-state index in [0.717, 1.165) is 19.6 Å². The molecule has 2 nitrogen and oxygen atoms in total. The number of likely N-dealkylation sites (tertiary alicyclic amines) is 1. The van der Waals surface area contributed by atoms with Gasteiger partial charge in [-0.3, -0.25) is 4.90 Å². The standard InChI is InChI=1S/C15H17BrN2S.ClH/c16-12-6-13(19-10-12)7-18-8-14(15(17)9-18)11-4-2-1-3-5-11;/h1-6,10,14-15H,7-9,17H2;1H/t14-,15+;/m0./s1. The lowest BCUT2D eigenvalue weighted by molar-refractivity contribution is 0.326. The fourth-order valence-electron chi connectivity index (χ4n) is 2.75. The highest BCUT2D eigenvalue weighted by Gasteiger charge is 2.31. The van der Waals surface area contributed by atoms with Gasteiger partial charge in [-0.15, -0.1) is 23.7 Å². The first-order valence-corrected chi connectivity index (χ1v) is 8.15. The van der Waals surface area contributed by atoms with Crippen molar-refractivity contribution in [1.29, 1.82) is 0 Å². The molecule has 1 fully saturated rings. The second-order valence-electron chi connectivity index (χ2n) is 5.11. The van der Waals surface area contributed by atoms with Crippen molar-refractivity contribution < 1.29 is 0 Å². The lowest BCUT2D eigenvalue weighted by Gasteiger charge is -2.15. The van der Waals surface area contributed by atoms with E-state index in [4.69, 9.17) is 5.73 Å². The Kier molecular flexibility index (Phi) is 5.64. The Hall–Kier alpha value is -0.390. The minimum absolute atomic E-state index is 0. The molecule has 2 N–H and O–H groups in total. The van der Waals surface area contributed by atoms with Crippen LogP contribution in [0.3, 0.4) is 0 Å². The Balaban J connectivity index is 0.00000147. The molecule has 0 unspecified atom stereocenters. The van der Waals surface area contributed by atoms with E-state index in [9.17, 15) is 0 Å². The van der Waals surface area contributed by atoms with Crippen LogP contribution >= 0.6 is 39.7 Å². The van der Waals surface area contributed by atoms with Crippen molar-refractivity contribution in [2.45, 2.75) is 18.5 Å². The Morgan fingerprint density at radius 2 is 2.00 bits per heavy atom. The predicted octanol–water partition coefficient (Wildman–Crippen LogP) is 3.86. The molecule has 0 radical (unpaired) electrons. The van der Waals surface area contributed by atoms with Crippen LogP contribution in [0.4, 0.5) is 0 Å². The summed E-state index contributed by atoms with van der Waals surface area (Å²) in [4.78, 5) is 3.86. The van der Waals surface area contributed by atoms with E-state index in [1.807, 2.05) is 0 Å². The van der Waals surface area contributed by atoms with Gasteiger partial charge in [-0.25, -0.2) is 0 Å². The van der Waals surface area contributed by atoms with Gasteiger partial charge in [-0.2, -0.15) is 0 Å². The zero-order valence-electron chi connectivity index (χ0n) is 11.0. The number of hydrogen-bond donors (Lipinski definition) is 1. The van der Waals surface area contributed by atoms with Gasteiger partial charge in [-0.1, -0.05) is 30.3 Å². The summed E-state index contributed by atoms with van der Waals surface area (Å²) in [6.45, 7) is 3.04. The van der Waals surface area contributed by atoms with Crippen molar-refractivity contribution in [3.63, 3.8) is 0 Å². The van der Waals surface area contributed by atoms with E-state index in [2.05, 4.69) is 62.6 Å². The molecule has 1 aliphatic heterocycles. The van der Waals surface area contributed by atoms with Crippen LogP contribution in [-0.4, -0.2) is 24.0 Å². The average molecular weight is 374 g/mol. The summed E-state index contributed by atoms with van der Waals surface area (Å²) >= 11 is 5.31. The Bertz CT molecular complexity index is 546. The molecule has 2 atom stereocenters. The maximum Gasteiger partial charge on any atom is 0.0329 e. The Labute approximate surface area is 138 Å². The molecule has 0 aliphatic carbocycles. The summed E-state index contributed by atoms with van der Waals surface area (Å²) in [6.07, 6.45) is 0. The van der Waals surface area contributed by atoms with Gasteiger partial charge in [-0.05, 0) is 27.6 Å². The van der Waals surface area contributed by atoms with Crippen molar-refractivity contribution in [1.82, 2.24) is 4.90 Å². The molecule has 3 rings (SSSR count). The van der Waals surface area contributed by atoms with Gasteiger partial charge in [0.2, 0.25) is 0 Å². The minimum Gasteiger partial charge on any atom is -0.326 e. The summed E-state index contributed by atoms with van der Waals surface area (Å²) < 4.78 is 1.18. The summed E-state index contributed by atoms with van der Waals surface area (Å²) in [5, 5.41) is 2.14. The van der Waals surface area contributed by atoms with Crippen LogP contribution in [0.15, 0.2) is 46.3 Å². The number of halogens is 2. The van der Waals surface area contributed by atoms with Gasteiger partial charge in [0.05, 0.1) is 0 Å². The van der Waals surface area contributed by atoms with Crippen LogP contribution < -0.4 is 5.73 Å². The van der Waals surface area contributed by atoms with Gasteiger partial charge < -0.3 is 5.73 Å². The smallest absolute Gasteiger partial charge is 0.0329 e. The monoisotopic (exact) mass is 372 g/mol. The predicted molar refractivity (Wildman–Crippen MR) is 91.7 cm³/mol. The third-order valence-corrected chi connectivity index (χ3v) is 5.35. The molecule has 2 aromatic rings. The topological polar surface area (TPSA) is 29.3 Å². The molecule has 1 aliphatic rings. The molecule has 108 valence electrons. The van der Waals surface area contributed by atoms with Crippen molar-refractivity contribution in [2.24, 2.45) is 5.73 Å². The SMILES string of the molecule is Cl.N[C@@H]1CN(Cc2cc(Br)cs2)C[C@H]1c1ccccc1. The number of rotatable bonds is 3. The lowest BCUT2D eigenvalue weighted by atomic mass is 9.95. The van der Waals surface area contributed by atoms with Crippen LogP contribution in [0.25, 0.3) is 0 Å². The highest BCUT2D eigenvalue weighted by molar-refractivity contribution is 9.10. The van der Waals surface area contributed by atoms with E-state index < -0.39 is 0 Å². The molecule has 0 spiro atoms. The molecule has 1 aromatic carbocycles. The van der Waals surface area contributed by atoms with E-state index in [0.29, 0.717) is 5.92 Å². The molecule has 0 amide bonds. The van der Waals surface area contributed by atoms with E-state index in [1.165, 1.54) is 14.9 Å². The average Bonchev–Trinajstić information content (AvgIpc) is 2.97. The van der Waals surface area contributed by atoms with Gasteiger partial charge in [0.1, 0.15) is 0 Å². The van der Waals surface area contributed by atoms with Gasteiger partial charge >= 0.3 is 0 Å². The lowest BCUT2D eigenvalue weighted by Crippen LogP contribution is -2.28. The molecule has 5 heteroatoms. The summed E-state index contributed by atoms with van der Waals surface area (Å²) in [7, 11) is 0. The van der Waals surface area contributed by atoms with Crippen molar-refractivity contribution >= 4 is 39.7 Å². The van der Waals surface area contributed by atoms with E-state index >= 15 is 0 Å². The first-order chi connectivity index (χ1) is 9.22. The molecule has 0 bridgehead atoms. The maximum atomic E-state index is 6.31. The maximum absolute atomic E-state index is 6.31. The minimum atomic E-state index is 0. The van der Waals surface area contributed by atoms with Gasteiger partial charge in [0.15, 0.2) is 0 Å². The molecular weight excluding hydrogens is 356 g/mol. The Morgan fingerprint density at radius 1 is 1.25 bits per heavy atom. The number of thiophene rings is 1. The summed E-state index contributed by atoms with van der Waals surface area (Å²) in [5.41, 5.74) is 7.68. The van der Waals surface area contributed by atoms with Crippen LogP contribution in [0.1, 0.15) is 16.4 Å². The van der Waals surface area contributed by atoms with E-state index in [1.54, 1.807) is 11.3 Å². The molecule has 20 heavy (non-hydrogen) atoms. The van der Waals surface area contributed by atoms with Crippen LogP contribution in [-0.2, 0) is 6.54 Å². The molecule has 0 saturated carbocycles. The first kappa shape index (κ1) is 16.0. The molecule has 1 saturated heterocycles. The largest absolute Gasteiger partial charge is 0.326 e. The highest BCUT2D eigenvalue weighted by Crippen LogP contribution is 2.29. The van der Waals surface area contributed by atoms with Gasteiger partial charge in [0.25, 0.3) is 0 Å². The van der Waals surface area contributed by atoms with Crippen molar-refractivity contribution in [3.8, 4) is 0 Å². The normalized spacial score (nSPS) is 22.7. The van der Waals surface area contributed by atoms with Crippen LogP contribution in [0.5, 0.6) is 0 Å². The first-order valence-electron chi connectivity index (χ1n) is 6.48. The fraction of sp³-hybridized carbons (Fsp3) is 0.333. The number of benzene rings is 1. The molecular formula is C15H18BrClN2S. The third kappa shape index (κ3) is 3.62. The second-order valence-corrected chi connectivity index (χ2v) is 7.02. The fourth-order valence-corrected chi connectivity index (χ4v) is 4.24. The highest BCUT2D eigenvalue weighted by atomic mass is 79.9. The number of nitrogens with zero attached hydrogens (tertiary/aromatic N) is 1. The number of hydrogen-bond acceptors (Lipinski definition) is 3. The zero-order chi connectivity index (χ0) is 13.2. The van der Waals surface area contributed by atoms with Crippen molar-refractivity contribution in [2.75, 3.05) is 13.1 Å². The van der Waals surface area contributed by atoms with Gasteiger partial charge in [0, 0.05) is 46.3 Å².